The van der Waals surface area contributed by atoms with E-state index >= 15 is 0 Å². The highest BCUT2D eigenvalue weighted by atomic mass is 79.9. The lowest BCUT2D eigenvalue weighted by atomic mass is 10.3. The molecule has 0 saturated heterocycles. The van der Waals surface area contributed by atoms with Gasteiger partial charge in [-0.25, -0.2) is 0 Å². The van der Waals surface area contributed by atoms with Crippen molar-refractivity contribution in [2.75, 3.05) is 6.54 Å². The van der Waals surface area contributed by atoms with Crippen LogP contribution >= 0.6 is 15.9 Å². The molecule has 0 unspecified atom stereocenters. The summed E-state index contributed by atoms with van der Waals surface area (Å²) in [4.78, 5) is 11.8. The van der Waals surface area contributed by atoms with Gasteiger partial charge in [-0.05, 0) is 34.8 Å². The first-order chi connectivity index (χ1) is 7.72. The molecule has 16 heavy (non-hydrogen) atoms. The Kier molecular flexibility index (Phi) is 3.30. The Labute approximate surface area is 102 Å². The van der Waals surface area contributed by atoms with E-state index < -0.39 is 0 Å². The van der Waals surface area contributed by atoms with Crippen LogP contribution in [-0.2, 0) is 0 Å². The van der Waals surface area contributed by atoms with E-state index in [0.717, 1.165) is 17.3 Å². The van der Waals surface area contributed by atoms with Crippen molar-refractivity contribution in [1.82, 2.24) is 9.88 Å². The van der Waals surface area contributed by atoms with Crippen molar-refractivity contribution in [2.45, 2.75) is 25.3 Å². The highest BCUT2D eigenvalue weighted by Crippen LogP contribution is 2.37. The largest absolute Gasteiger partial charge is 0.350 e. The second-order valence-electron chi connectivity index (χ2n) is 3.85. The van der Waals surface area contributed by atoms with Gasteiger partial charge in [-0.15, -0.1) is 0 Å². The molecule has 1 aliphatic carbocycles. The number of nitriles is 1. The van der Waals surface area contributed by atoms with Crippen LogP contribution in [0, 0.1) is 11.3 Å². The third kappa shape index (κ3) is 2.45. The number of halogens is 1. The number of nitrogens with zero attached hydrogens (tertiary/aromatic N) is 2. The predicted octanol–water partition coefficient (Wildman–Crippen LogP) is 2.23. The van der Waals surface area contributed by atoms with E-state index in [9.17, 15) is 4.79 Å². The quantitative estimate of drug-likeness (QED) is 0.861. The number of nitrogens with one attached hydrogen (secondary N) is 1. The summed E-state index contributed by atoms with van der Waals surface area (Å²) in [5, 5.41) is 11.1. The number of carbonyl (C=O) groups is 1. The normalized spacial score (nSPS) is 14.5. The summed E-state index contributed by atoms with van der Waals surface area (Å²) in [6.45, 7) is 0.406. The van der Waals surface area contributed by atoms with Gasteiger partial charge < -0.3 is 9.88 Å². The number of amides is 1. The third-order valence-corrected chi connectivity index (χ3v) is 2.94. The van der Waals surface area contributed by atoms with Gasteiger partial charge in [0.2, 0.25) is 0 Å². The summed E-state index contributed by atoms with van der Waals surface area (Å²) in [6.07, 6.45) is 4.56. The molecule has 1 saturated carbocycles. The number of hydrogen-bond acceptors (Lipinski definition) is 2. The molecular weight excluding hydrogens is 270 g/mol. The van der Waals surface area contributed by atoms with Gasteiger partial charge in [-0.3, -0.25) is 4.79 Å². The van der Waals surface area contributed by atoms with Crippen LogP contribution in [0.3, 0.4) is 0 Å². The summed E-state index contributed by atoms with van der Waals surface area (Å²) in [6, 6.07) is 4.29. The van der Waals surface area contributed by atoms with Gasteiger partial charge in [-0.1, -0.05) is 0 Å². The molecule has 1 aromatic heterocycles. The molecule has 1 aromatic rings. The number of hydrogen-bond donors (Lipinski definition) is 1. The Morgan fingerprint density at radius 1 is 1.69 bits per heavy atom. The lowest BCUT2D eigenvalue weighted by Gasteiger charge is -2.07. The minimum absolute atomic E-state index is 0.104. The van der Waals surface area contributed by atoms with Crippen LogP contribution in [0.4, 0.5) is 0 Å². The van der Waals surface area contributed by atoms with Crippen LogP contribution in [-0.4, -0.2) is 17.0 Å². The highest BCUT2D eigenvalue weighted by molar-refractivity contribution is 9.10. The first kappa shape index (κ1) is 11.2. The Morgan fingerprint density at radius 3 is 3.06 bits per heavy atom. The first-order valence-corrected chi connectivity index (χ1v) is 6.04. The van der Waals surface area contributed by atoms with Crippen LogP contribution < -0.4 is 5.32 Å². The third-order valence-electron chi connectivity index (χ3n) is 2.51. The van der Waals surface area contributed by atoms with E-state index in [4.69, 9.17) is 5.26 Å². The molecule has 1 N–H and O–H groups in total. The molecule has 4 nitrogen and oxygen atoms in total. The van der Waals surface area contributed by atoms with Gasteiger partial charge in [0.15, 0.2) is 0 Å². The minimum atomic E-state index is -0.104. The maximum absolute atomic E-state index is 11.8. The van der Waals surface area contributed by atoms with E-state index in [1.54, 1.807) is 0 Å². The van der Waals surface area contributed by atoms with Crippen molar-refractivity contribution in [3.05, 3.63) is 22.4 Å². The minimum Gasteiger partial charge on any atom is -0.350 e. The molecule has 0 spiro atoms. The molecule has 0 atom stereocenters. The van der Waals surface area contributed by atoms with E-state index in [1.165, 1.54) is 0 Å². The molecule has 0 aliphatic heterocycles. The smallest absolute Gasteiger partial charge is 0.267 e. The fourth-order valence-electron chi connectivity index (χ4n) is 1.60. The van der Waals surface area contributed by atoms with Crippen LogP contribution in [0.2, 0.25) is 0 Å². The second-order valence-corrected chi connectivity index (χ2v) is 4.76. The Balaban J connectivity index is 2.07. The van der Waals surface area contributed by atoms with Gasteiger partial charge in [0.25, 0.3) is 5.91 Å². The van der Waals surface area contributed by atoms with Gasteiger partial charge in [0, 0.05) is 23.3 Å². The molecule has 1 fully saturated rings. The Morgan fingerprint density at radius 2 is 2.44 bits per heavy atom. The SMILES string of the molecule is N#CCCNC(=O)c1cc(Br)cn1C1CC1. The predicted molar refractivity (Wildman–Crippen MR) is 63.0 cm³/mol. The summed E-state index contributed by atoms with van der Waals surface area (Å²) in [7, 11) is 0. The van der Waals surface area contributed by atoms with E-state index in [-0.39, 0.29) is 5.91 Å². The molecule has 84 valence electrons. The number of rotatable bonds is 4. The van der Waals surface area contributed by atoms with E-state index in [2.05, 4.69) is 21.2 Å². The highest BCUT2D eigenvalue weighted by Gasteiger charge is 2.27. The first-order valence-electron chi connectivity index (χ1n) is 5.25. The maximum atomic E-state index is 11.8. The number of carbonyl (C=O) groups excluding carboxylic acids is 1. The summed E-state index contributed by atoms with van der Waals surface area (Å²) in [5.74, 6) is -0.104. The summed E-state index contributed by atoms with van der Waals surface area (Å²) >= 11 is 3.38. The maximum Gasteiger partial charge on any atom is 0.267 e. The van der Waals surface area contributed by atoms with E-state index in [1.807, 2.05) is 22.9 Å². The zero-order valence-electron chi connectivity index (χ0n) is 8.74. The molecule has 1 heterocycles. The van der Waals surface area contributed by atoms with E-state index in [0.29, 0.717) is 24.7 Å². The fraction of sp³-hybridized carbons (Fsp3) is 0.455. The average molecular weight is 282 g/mol. The topological polar surface area (TPSA) is 57.8 Å². The molecule has 5 heteroatoms. The van der Waals surface area contributed by atoms with Crippen molar-refractivity contribution in [2.24, 2.45) is 0 Å². The molecular formula is C11H12BrN3O. The summed E-state index contributed by atoms with van der Waals surface area (Å²) in [5.41, 5.74) is 0.673. The average Bonchev–Trinajstić information content (AvgIpc) is 3.02. The van der Waals surface area contributed by atoms with Crippen LogP contribution in [0.1, 0.15) is 35.8 Å². The molecule has 0 radical (unpaired) electrons. The molecule has 1 amide bonds. The zero-order valence-corrected chi connectivity index (χ0v) is 10.3. The van der Waals surface area contributed by atoms with Gasteiger partial charge in [-0.2, -0.15) is 5.26 Å². The van der Waals surface area contributed by atoms with Crippen molar-refractivity contribution in [1.29, 1.82) is 5.26 Å². The monoisotopic (exact) mass is 281 g/mol. The van der Waals surface area contributed by atoms with Crippen molar-refractivity contribution >= 4 is 21.8 Å². The second kappa shape index (κ2) is 4.71. The standard InChI is InChI=1S/C11H12BrN3O/c12-8-6-10(11(16)14-5-1-4-13)15(7-8)9-2-3-9/h6-7,9H,1-3,5H2,(H,14,16). The van der Waals surface area contributed by atoms with Crippen LogP contribution in [0.25, 0.3) is 0 Å². The van der Waals surface area contributed by atoms with Crippen molar-refractivity contribution < 1.29 is 4.79 Å². The van der Waals surface area contributed by atoms with Crippen LogP contribution in [0.15, 0.2) is 16.7 Å². The lowest BCUT2D eigenvalue weighted by molar-refractivity contribution is 0.0945. The Hall–Kier alpha value is -1.28. The van der Waals surface area contributed by atoms with Gasteiger partial charge in [0.05, 0.1) is 12.5 Å². The van der Waals surface area contributed by atoms with Crippen molar-refractivity contribution in [3.8, 4) is 6.07 Å². The van der Waals surface area contributed by atoms with Crippen molar-refractivity contribution in [3.63, 3.8) is 0 Å². The molecule has 0 aromatic carbocycles. The number of aromatic nitrogens is 1. The molecule has 2 rings (SSSR count). The molecule has 1 aliphatic rings. The summed E-state index contributed by atoms with van der Waals surface area (Å²) < 4.78 is 2.93. The molecule has 0 bridgehead atoms. The van der Waals surface area contributed by atoms with Crippen LogP contribution in [0.5, 0.6) is 0 Å². The lowest BCUT2D eigenvalue weighted by Crippen LogP contribution is -2.26. The Bertz CT molecular complexity index is 443. The van der Waals surface area contributed by atoms with Gasteiger partial charge in [0.1, 0.15) is 5.69 Å². The fourth-order valence-corrected chi connectivity index (χ4v) is 2.04. The zero-order chi connectivity index (χ0) is 11.5. The van der Waals surface area contributed by atoms with Gasteiger partial charge >= 0.3 is 0 Å².